The molecule has 0 unspecified atom stereocenters. The number of aliphatic imine (C=N–C) groups is 1. The second-order valence-corrected chi connectivity index (χ2v) is 13.2. The van der Waals surface area contributed by atoms with Crippen LogP contribution >= 0.6 is 0 Å². The standard InChI is InChI=1S/C32H39N7O4S/c1-8-35-24-12-11-23(21-13-14-34-18-21)36-28(24)30(33)37-25-15-20(10-9-19(25)2)31(40)38-26-16-22(32(3,4)5)17-27(29(26)43-6)39-44(7,41)42/h8-13,15-17,34-35,39H,1,14,18H2,2-7H3,(H2,33,37)(H,38,40). The number of rotatable bonds is 10. The lowest BCUT2D eigenvalue weighted by atomic mass is 9.86. The molecule has 0 saturated heterocycles. The summed E-state index contributed by atoms with van der Waals surface area (Å²) >= 11 is 0. The molecular weight excluding hydrogens is 578 g/mol. The molecular formula is C32H39N7O4S. The number of pyridine rings is 1. The fraction of sp³-hybridized carbons (Fsp3) is 0.281. The van der Waals surface area contributed by atoms with Crippen LogP contribution in [-0.4, -0.2) is 51.6 Å². The minimum absolute atomic E-state index is 0.166. The smallest absolute Gasteiger partial charge is 0.255 e. The molecule has 0 spiro atoms. The highest BCUT2D eigenvalue weighted by atomic mass is 32.2. The van der Waals surface area contributed by atoms with E-state index >= 15 is 0 Å². The number of nitrogens with two attached hydrogens (primary N) is 1. The van der Waals surface area contributed by atoms with Crippen molar-refractivity contribution in [1.29, 1.82) is 0 Å². The highest BCUT2D eigenvalue weighted by Gasteiger charge is 2.23. The summed E-state index contributed by atoms with van der Waals surface area (Å²) in [6.07, 6.45) is 4.68. The van der Waals surface area contributed by atoms with Crippen molar-refractivity contribution >= 4 is 50.1 Å². The normalized spacial score (nSPS) is 13.7. The minimum atomic E-state index is -3.62. The van der Waals surface area contributed by atoms with E-state index in [1.165, 1.54) is 7.11 Å². The maximum atomic E-state index is 13.6. The van der Waals surface area contributed by atoms with Crippen LogP contribution < -0.4 is 31.1 Å². The van der Waals surface area contributed by atoms with Gasteiger partial charge in [-0.15, -0.1) is 0 Å². The number of benzene rings is 2. The van der Waals surface area contributed by atoms with Crippen LogP contribution in [0.15, 0.2) is 66.3 Å². The molecule has 2 heterocycles. The van der Waals surface area contributed by atoms with Crippen LogP contribution in [0.4, 0.5) is 22.7 Å². The van der Waals surface area contributed by atoms with E-state index < -0.39 is 15.9 Å². The largest absolute Gasteiger partial charge is 0.492 e. The van der Waals surface area contributed by atoms with Crippen LogP contribution in [0.25, 0.3) is 5.57 Å². The van der Waals surface area contributed by atoms with E-state index in [1.54, 1.807) is 36.5 Å². The topological polar surface area (TPSA) is 160 Å². The van der Waals surface area contributed by atoms with Gasteiger partial charge in [0.05, 0.1) is 41.8 Å². The number of sulfonamides is 1. The number of ether oxygens (including phenoxy) is 1. The maximum absolute atomic E-state index is 13.6. The van der Waals surface area contributed by atoms with Gasteiger partial charge in [0.15, 0.2) is 11.6 Å². The minimum Gasteiger partial charge on any atom is -0.492 e. The van der Waals surface area contributed by atoms with Gasteiger partial charge in [0.25, 0.3) is 5.91 Å². The lowest BCUT2D eigenvalue weighted by Crippen LogP contribution is -2.19. The summed E-state index contributed by atoms with van der Waals surface area (Å²) < 4.78 is 32.2. The van der Waals surface area contributed by atoms with Gasteiger partial charge in [-0.05, 0) is 71.6 Å². The van der Waals surface area contributed by atoms with Gasteiger partial charge in [-0.1, -0.05) is 39.5 Å². The van der Waals surface area contributed by atoms with Crippen molar-refractivity contribution in [3.05, 3.63) is 89.4 Å². The number of nitrogens with zero attached hydrogens (tertiary/aromatic N) is 2. The molecule has 6 N–H and O–H groups in total. The van der Waals surface area contributed by atoms with Crippen LogP contribution in [-0.2, 0) is 15.4 Å². The zero-order chi connectivity index (χ0) is 32.2. The van der Waals surface area contributed by atoms with E-state index in [0.29, 0.717) is 34.9 Å². The quantitative estimate of drug-likeness (QED) is 0.159. The molecule has 0 saturated carbocycles. The Morgan fingerprint density at radius 3 is 2.48 bits per heavy atom. The fourth-order valence-corrected chi connectivity index (χ4v) is 5.18. The van der Waals surface area contributed by atoms with Crippen LogP contribution in [0.2, 0.25) is 0 Å². The van der Waals surface area contributed by atoms with Crippen molar-refractivity contribution in [3.63, 3.8) is 0 Å². The van der Waals surface area contributed by atoms with E-state index in [4.69, 9.17) is 15.5 Å². The average molecular weight is 618 g/mol. The van der Waals surface area contributed by atoms with Gasteiger partial charge in [-0.2, -0.15) is 0 Å². The predicted molar refractivity (Wildman–Crippen MR) is 179 cm³/mol. The number of aromatic nitrogens is 1. The molecule has 12 heteroatoms. The zero-order valence-electron chi connectivity index (χ0n) is 25.8. The first kappa shape index (κ1) is 32.2. The van der Waals surface area contributed by atoms with Gasteiger partial charge >= 0.3 is 0 Å². The van der Waals surface area contributed by atoms with Gasteiger partial charge in [0.1, 0.15) is 5.69 Å². The summed E-state index contributed by atoms with van der Waals surface area (Å²) in [6, 6.07) is 12.4. The van der Waals surface area contributed by atoms with Crippen molar-refractivity contribution in [1.82, 2.24) is 10.3 Å². The SMILES string of the molecule is C=CNc1ccc(C2=CCNC2)nc1C(N)=Nc1cc(C(=O)Nc2cc(C(C)(C)C)cc(NS(C)(=O)=O)c2OC)ccc1C. The maximum Gasteiger partial charge on any atom is 0.255 e. The number of carbonyl (C=O) groups excluding carboxylic acids is 1. The van der Waals surface area contributed by atoms with Crippen LogP contribution in [0.5, 0.6) is 5.75 Å². The number of amides is 1. The molecule has 2 aromatic carbocycles. The molecule has 44 heavy (non-hydrogen) atoms. The Bertz CT molecular complexity index is 1770. The highest BCUT2D eigenvalue weighted by molar-refractivity contribution is 7.92. The molecule has 1 aliphatic heterocycles. The molecule has 0 bridgehead atoms. The summed E-state index contributed by atoms with van der Waals surface area (Å²) in [4.78, 5) is 23.0. The summed E-state index contributed by atoms with van der Waals surface area (Å²) in [5.74, 6) is -0.0869. The fourth-order valence-electron chi connectivity index (χ4n) is 4.63. The lowest BCUT2D eigenvalue weighted by Gasteiger charge is -2.24. The van der Waals surface area contributed by atoms with Crippen molar-refractivity contribution < 1.29 is 17.9 Å². The van der Waals surface area contributed by atoms with E-state index in [1.807, 2.05) is 39.8 Å². The first-order chi connectivity index (χ1) is 20.7. The Kier molecular flexibility index (Phi) is 9.45. The number of carbonyl (C=O) groups is 1. The molecule has 1 aliphatic rings. The summed E-state index contributed by atoms with van der Waals surface area (Å²) in [5.41, 5.74) is 12.1. The monoisotopic (exact) mass is 617 g/mol. The molecule has 0 radical (unpaired) electrons. The second kappa shape index (κ2) is 12.9. The van der Waals surface area contributed by atoms with Crippen LogP contribution in [0.3, 0.4) is 0 Å². The average Bonchev–Trinajstić information content (AvgIpc) is 3.48. The highest BCUT2D eigenvalue weighted by Crippen LogP contribution is 2.39. The number of amidine groups is 1. The van der Waals surface area contributed by atoms with E-state index in [9.17, 15) is 13.2 Å². The number of nitrogens with one attached hydrogen (secondary N) is 4. The van der Waals surface area contributed by atoms with Crippen molar-refractivity contribution in [2.45, 2.75) is 33.1 Å². The molecule has 232 valence electrons. The number of anilines is 3. The Hall–Kier alpha value is -4.68. The van der Waals surface area contributed by atoms with E-state index in [0.717, 1.165) is 35.2 Å². The zero-order valence-corrected chi connectivity index (χ0v) is 26.6. The summed E-state index contributed by atoms with van der Waals surface area (Å²) in [5, 5.41) is 9.22. The molecule has 3 aromatic rings. The number of hydrogen-bond acceptors (Lipinski definition) is 8. The van der Waals surface area contributed by atoms with Crippen LogP contribution in [0.1, 0.15) is 53.6 Å². The van der Waals surface area contributed by atoms with E-state index in [2.05, 4.69) is 38.3 Å². The second-order valence-electron chi connectivity index (χ2n) is 11.5. The molecule has 0 fully saturated rings. The number of aryl methyl sites for hydroxylation is 1. The van der Waals surface area contributed by atoms with Gasteiger partial charge in [-0.25, -0.2) is 18.4 Å². The molecule has 4 rings (SSSR count). The van der Waals surface area contributed by atoms with Gasteiger partial charge in [0, 0.05) is 18.7 Å². The Morgan fingerprint density at radius 1 is 1.14 bits per heavy atom. The molecule has 11 nitrogen and oxygen atoms in total. The summed E-state index contributed by atoms with van der Waals surface area (Å²) in [7, 11) is -2.21. The van der Waals surface area contributed by atoms with Gasteiger partial charge in [-0.3, -0.25) is 9.52 Å². The Morgan fingerprint density at radius 2 is 1.86 bits per heavy atom. The Balaban J connectivity index is 1.72. The third-order valence-electron chi connectivity index (χ3n) is 6.95. The lowest BCUT2D eigenvalue weighted by molar-refractivity contribution is 0.102. The third kappa shape index (κ3) is 7.63. The third-order valence-corrected chi connectivity index (χ3v) is 7.54. The van der Waals surface area contributed by atoms with Crippen molar-refractivity contribution in [2.75, 3.05) is 41.8 Å². The Labute approximate surface area is 258 Å². The summed E-state index contributed by atoms with van der Waals surface area (Å²) in [6.45, 7) is 13.1. The number of hydrogen-bond donors (Lipinski definition) is 5. The molecule has 1 amide bonds. The van der Waals surface area contributed by atoms with Crippen molar-refractivity contribution in [2.24, 2.45) is 10.7 Å². The number of methoxy groups -OCH3 is 1. The first-order valence-electron chi connectivity index (χ1n) is 14.0. The van der Waals surface area contributed by atoms with Gasteiger partial charge < -0.3 is 26.4 Å². The molecule has 1 aromatic heterocycles. The molecule has 0 aliphatic carbocycles. The van der Waals surface area contributed by atoms with E-state index in [-0.39, 0.29) is 22.7 Å². The first-order valence-corrected chi connectivity index (χ1v) is 15.8. The van der Waals surface area contributed by atoms with Crippen molar-refractivity contribution in [3.8, 4) is 5.75 Å². The predicted octanol–water partition coefficient (Wildman–Crippen LogP) is 4.90. The van der Waals surface area contributed by atoms with Crippen LogP contribution in [0, 0.1) is 6.92 Å². The molecule has 0 atom stereocenters. The van der Waals surface area contributed by atoms with Gasteiger partial charge in [0.2, 0.25) is 10.0 Å².